The van der Waals surface area contributed by atoms with Crippen molar-refractivity contribution in [1.82, 2.24) is 4.90 Å². The van der Waals surface area contributed by atoms with E-state index in [2.05, 4.69) is 32.6 Å². The second-order valence-electron chi connectivity index (χ2n) is 18.2. The Balaban J connectivity index is 2.20. The molecule has 0 aliphatic carbocycles. The van der Waals surface area contributed by atoms with E-state index >= 15 is 0 Å². The van der Waals surface area contributed by atoms with Crippen molar-refractivity contribution < 1.29 is 28.6 Å². The zero-order chi connectivity index (χ0) is 42.2. The van der Waals surface area contributed by atoms with Crippen LogP contribution in [-0.4, -0.2) is 62.3 Å². The standard InChI is InChI=1S/C51H97NO6/c1-5-9-32-46(33-10-6-2)44-49(53)56-41-29-23-19-15-13-17-21-25-36-48(51(55)58-43-31-40-52-38-27-28-39-52)37-26-22-18-14-16-20-24-30-42-57-50(54)45-47(34-11-7-3)35-12-8-4/h46-48H,5-45H2,1-4H3. The number of esters is 3. The molecule has 7 heteroatoms. The van der Waals surface area contributed by atoms with Gasteiger partial charge in [0, 0.05) is 19.4 Å². The van der Waals surface area contributed by atoms with Crippen LogP contribution in [0.2, 0.25) is 0 Å². The summed E-state index contributed by atoms with van der Waals surface area (Å²) < 4.78 is 17.0. The summed E-state index contributed by atoms with van der Waals surface area (Å²) in [4.78, 5) is 40.4. The predicted octanol–water partition coefficient (Wildman–Crippen LogP) is 14.5. The molecule has 1 rings (SSSR count). The molecule has 342 valence electrons. The number of hydrogen-bond acceptors (Lipinski definition) is 7. The molecular formula is C51H97NO6. The molecular weight excluding hydrogens is 723 g/mol. The highest BCUT2D eigenvalue weighted by Crippen LogP contribution is 2.24. The van der Waals surface area contributed by atoms with Crippen LogP contribution in [-0.2, 0) is 28.6 Å². The van der Waals surface area contributed by atoms with Gasteiger partial charge in [0.25, 0.3) is 0 Å². The average molecular weight is 820 g/mol. The van der Waals surface area contributed by atoms with Crippen LogP contribution in [0.25, 0.3) is 0 Å². The van der Waals surface area contributed by atoms with Gasteiger partial charge in [-0.25, -0.2) is 0 Å². The van der Waals surface area contributed by atoms with Crippen molar-refractivity contribution in [3.63, 3.8) is 0 Å². The molecule has 1 saturated heterocycles. The van der Waals surface area contributed by atoms with Crippen molar-refractivity contribution in [3.8, 4) is 0 Å². The number of rotatable bonds is 43. The van der Waals surface area contributed by atoms with Crippen LogP contribution in [0.15, 0.2) is 0 Å². The maximum Gasteiger partial charge on any atom is 0.308 e. The van der Waals surface area contributed by atoms with E-state index in [9.17, 15) is 14.4 Å². The molecule has 0 spiro atoms. The summed E-state index contributed by atoms with van der Waals surface area (Å²) in [6.07, 6.45) is 39.4. The highest BCUT2D eigenvalue weighted by Gasteiger charge is 2.20. The van der Waals surface area contributed by atoms with E-state index in [0.717, 1.165) is 90.0 Å². The van der Waals surface area contributed by atoms with Gasteiger partial charge in [0.05, 0.1) is 25.7 Å². The Hall–Kier alpha value is -1.63. The molecule has 1 aliphatic heterocycles. The maximum atomic E-state index is 13.2. The second kappa shape index (κ2) is 40.8. The third-order valence-electron chi connectivity index (χ3n) is 12.6. The molecule has 0 bridgehead atoms. The van der Waals surface area contributed by atoms with E-state index in [1.807, 2.05) is 0 Å². The predicted molar refractivity (Wildman–Crippen MR) is 244 cm³/mol. The molecule has 0 amide bonds. The van der Waals surface area contributed by atoms with E-state index in [4.69, 9.17) is 14.2 Å². The Labute approximate surface area is 360 Å². The summed E-state index contributed by atoms with van der Waals surface area (Å²) >= 11 is 0. The largest absolute Gasteiger partial charge is 0.466 e. The van der Waals surface area contributed by atoms with Crippen LogP contribution in [0.5, 0.6) is 0 Å². The summed E-state index contributed by atoms with van der Waals surface area (Å²) in [5.41, 5.74) is 0. The van der Waals surface area contributed by atoms with E-state index in [-0.39, 0.29) is 23.8 Å². The van der Waals surface area contributed by atoms with Crippen LogP contribution < -0.4 is 0 Å². The molecule has 0 N–H and O–H groups in total. The summed E-state index contributed by atoms with van der Waals surface area (Å²) in [5.74, 6) is 1.08. The third kappa shape index (κ3) is 33.1. The monoisotopic (exact) mass is 820 g/mol. The van der Waals surface area contributed by atoms with E-state index in [1.54, 1.807) is 0 Å². The fourth-order valence-corrected chi connectivity index (χ4v) is 8.70. The lowest BCUT2D eigenvalue weighted by atomic mass is 9.93. The molecule has 0 aromatic carbocycles. The van der Waals surface area contributed by atoms with Gasteiger partial charge in [-0.15, -0.1) is 0 Å². The first-order valence-corrected chi connectivity index (χ1v) is 25.6. The van der Waals surface area contributed by atoms with Gasteiger partial charge < -0.3 is 19.1 Å². The van der Waals surface area contributed by atoms with Crippen LogP contribution in [0, 0.1) is 17.8 Å². The van der Waals surface area contributed by atoms with Gasteiger partial charge in [0.2, 0.25) is 0 Å². The third-order valence-corrected chi connectivity index (χ3v) is 12.6. The SMILES string of the molecule is CCCCC(CCCC)CC(=O)OCCCCCCCCCCC(CCCCCCCCCCOC(=O)CC(CCCC)CCCC)C(=O)OCCCN1CCCC1. The fraction of sp³-hybridized carbons (Fsp3) is 0.941. The summed E-state index contributed by atoms with van der Waals surface area (Å²) in [6.45, 7) is 14.0. The van der Waals surface area contributed by atoms with Crippen molar-refractivity contribution >= 4 is 17.9 Å². The maximum absolute atomic E-state index is 13.2. The molecule has 7 nitrogen and oxygen atoms in total. The van der Waals surface area contributed by atoms with Crippen LogP contribution in [0.3, 0.4) is 0 Å². The normalized spacial score (nSPS) is 13.3. The highest BCUT2D eigenvalue weighted by atomic mass is 16.5. The molecule has 0 atom stereocenters. The second-order valence-corrected chi connectivity index (χ2v) is 18.2. The lowest BCUT2D eigenvalue weighted by molar-refractivity contribution is -0.149. The quantitative estimate of drug-likeness (QED) is 0.0344. The Morgan fingerprint density at radius 3 is 1.14 bits per heavy atom. The molecule has 0 aromatic heterocycles. The Morgan fingerprint density at radius 2 is 0.759 bits per heavy atom. The van der Waals surface area contributed by atoms with E-state index in [0.29, 0.717) is 44.5 Å². The molecule has 1 aliphatic rings. The molecule has 0 radical (unpaired) electrons. The topological polar surface area (TPSA) is 82.1 Å². The smallest absolute Gasteiger partial charge is 0.308 e. The first-order valence-electron chi connectivity index (χ1n) is 25.6. The minimum atomic E-state index is 0.00393. The van der Waals surface area contributed by atoms with Gasteiger partial charge in [0.1, 0.15) is 0 Å². The molecule has 1 fully saturated rings. The average Bonchev–Trinajstić information content (AvgIpc) is 3.75. The molecule has 0 saturated carbocycles. The van der Waals surface area contributed by atoms with Crippen molar-refractivity contribution in [3.05, 3.63) is 0 Å². The highest BCUT2D eigenvalue weighted by molar-refractivity contribution is 5.72. The zero-order valence-electron chi connectivity index (χ0n) is 39.1. The van der Waals surface area contributed by atoms with Crippen LogP contribution in [0.4, 0.5) is 0 Å². The van der Waals surface area contributed by atoms with Crippen molar-refractivity contribution in [2.24, 2.45) is 17.8 Å². The van der Waals surface area contributed by atoms with Crippen LogP contribution in [0.1, 0.15) is 252 Å². The molecule has 1 heterocycles. The number of ether oxygens (including phenoxy) is 3. The lowest BCUT2D eigenvalue weighted by Gasteiger charge is -2.18. The number of hydrogen-bond donors (Lipinski definition) is 0. The van der Waals surface area contributed by atoms with Gasteiger partial charge in [-0.2, -0.15) is 0 Å². The number of likely N-dealkylation sites (tertiary alicyclic amines) is 1. The number of unbranched alkanes of at least 4 members (excludes halogenated alkanes) is 18. The fourth-order valence-electron chi connectivity index (χ4n) is 8.70. The molecule has 0 aromatic rings. The Bertz CT molecular complexity index is 864. The van der Waals surface area contributed by atoms with Crippen molar-refractivity contribution in [2.45, 2.75) is 252 Å². The Morgan fingerprint density at radius 1 is 0.414 bits per heavy atom. The van der Waals surface area contributed by atoms with Gasteiger partial charge >= 0.3 is 17.9 Å². The van der Waals surface area contributed by atoms with Gasteiger partial charge in [0.15, 0.2) is 0 Å². The van der Waals surface area contributed by atoms with Crippen molar-refractivity contribution in [2.75, 3.05) is 39.5 Å². The molecule has 58 heavy (non-hydrogen) atoms. The summed E-state index contributed by atoms with van der Waals surface area (Å²) in [5, 5.41) is 0. The lowest BCUT2D eigenvalue weighted by Crippen LogP contribution is -2.23. The first kappa shape index (κ1) is 54.4. The van der Waals surface area contributed by atoms with E-state index < -0.39 is 0 Å². The summed E-state index contributed by atoms with van der Waals surface area (Å²) in [6, 6.07) is 0. The summed E-state index contributed by atoms with van der Waals surface area (Å²) in [7, 11) is 0. The zero-order valence-corrected chi connectivity index (χ0v) is 39.1. The number of carbonyl (C=O) groups excluding carboxylic acids is 3. The van der Waals surface area contributed by atoms with E-state index in [1.165, 1.54) is 142 Å². The Kier molecular flexibility index (Phi) is 38.2. The minimum Gasteiger partial charge on any atom is -0.466 e. The first-order chi connectivity index (χ1) is 28.4. The van der Waals surface area contributed by atoms with Gasteiger partial charge in [-0.1, -0.05) is 169 Å². The molecule has 0 unspecified atom stereocenters. The minimum absolute atomic E-state index is 0.00393. The van der Waals surface area contributed by atoms with Crippen LogP contribution >= 0.6 is 0 Å². The van der Waals surface area contributed by atoms with Gasteiger partial charge in [-0.3, -0.25) is 14.4 Å². The van der Waals surface area contributed by atoms with Crippen molar-refractivity contribution in [1.29, 1.82) is 0 Å². The number of nitrogens with zero attached hydrogens (tertiary/aromatic N) is 1. The van der Waals surface area contributed by atoms with Gasteiger partial charge in [-0.05, 0) is 95.6 Å². The number of carbonyl (C=O) groups is 3.